The van der Waals surface area contributed by atoms with E-state index in [0.717, 1.165) is 0 Å². The highest BCUT2D eigenvalue weighted by Crippen LogP contribution is 2.16. The molecule has 1 aliphatic heterocycles. The number of aliphatic hydroxyl groups excluding tert-OH is 1. The van der Waals surface area contributed by atoms with Crippen molar-refractivity contribution >= 4 is 17.9 Å². The fourth-order valence-corrected chi connectivity index (χ4v) is 1.61. The normalized spacial score (nSPS) is 20.2. The first-order valence-electron chi connectivity index (χ1n) is 5.82. The molecule has 0 bridgehead atoms. The summed E-state index contributed by atoms with van der Waals surface area (Å²) in [5, 5.41) is 17.6. The summed E-state index contributed by atoms with van der Waals surface area (Å²) in [6.45, 7) is 1.25. The predicted molar refractivity (Wildman–Crippen MR) is 62.0 cm³/mol. The number of aliphatic hydroxyl groups is 1. The third-order valence-electron chi connectivity index (χ3n) is 2.74. The summed E-state index contributed by atoms with van der Waals surface area (Å²) in [4.78, 5) is 33.3. The van der Waals surface area contributed by atoms with Gasteiger partial charge in [0.15, 0.2) is 6.10 Å². The topological polar surface area (TPSA) is 110 Å². The minimum Gasteiger partial charge on any atom is -0.481 e. The summed E-state index contributed by atoms with van der Waals surface area (Å²) >= 11 is 0. The molecule has 0 radical (unpaired) electrons. The molecule has 1 unspecified atom stereocenters. The average Bonchev–Trinajstić information content (AvgIpc) is 2.32. The lowest BCUT2D eigenvalue weighted by atomic mass is 10.0. The molecule has 0 spiro atoms. The monoisotopic (exact) mass is 272 g/mol. The highest BCUT2D eigenvalue weighted by molar-refractivity contribution is 5.84. The molecule has 1 rings (SSSR count). The summed E-state index contributed by atoms with van der Waals surface area (Å²) < 4.78 is 9.76. The molecule has 0 aromatic carbocycles. The van der Waals surface area contributed by atoms with Crippen molar-refractivity contribution in [2.75, 3.05) is 13.2 Å². The molecular formula is C12H16O7. The van der Waals surface area contributed by atoms with Crippen molar-refractivity contribution in [3.63, 3.8) is 0 Å². The van der Waals surface area contributed by atoms with Crippen LogP contribution in [0.15, 0.2) is 11.6 Å². The summed E-state index contributed by atoms with van der Waals surface area (Å²) in [6.07, 6.45) is 0.213. The zero-order valence-corrected chi connectivity index (χ0v) is 10.5. The molecule has 1 heterocycles. The molecule has 0 amide bonds. The van der Waals surface area contributed by atoms with Gasteiger partial charge in [0, 0.05) is 12.7 Å². The zero-order chi connectivity index (χ0) is 14.4. The molecule has 106 valence electrons. The van der Waals surface area contributed by atoms with Crippen molar-refractivity contribution in [1.29, 1.82) is 0 Å². The van der Waals surface area contributed by atoms with E-state index in [-0.39, 0.29) is 26.1 Å². The van der Waals surface area contributed by atoms with Crippen molar-refractivity contribution in [2.45, 2.75) is 25.9 Å². The number of hydrogen-bond acceptors (Lipinski definition) is 6. The van der Waals surface area contributed by atoms with E-state index in [2.05, 4.69) is 0 Å². The minimum absolute atomic E-state index is 0.0150. The van der Waals surface area contributed by atoms with Crippen molar-refractivity contribution in [3.05, 3.63) is 11.6 Å². The van der Waals surface area contributed by atoms with Gasteiger partial charge in [-0.05, 0) is 18.9 Å². The lowest BCUT2D eigenvalue weighted by Gasteiger charge is -2.22. The Hall–Kier alpha value is -1.89. The van der Waals surface area contributed by atoms with Gasteiger partial charge in [-0.2, -0.15) is 0 Å². The number of cyclic esters (lactones) is 1. The Labute approximate surface area is 109 Å². The van der Waals surface area contributed by atoms with Crippen molar-refractivity contribution < 1.29 is 34.1 Å². The maximum Gasteiger partial charge on any atom is 0.330 e. The van der Waals surface area contributed by atoms with Gasteiger partial charge in [0.1, 0.15) is 6.61 Å². The second kappa shape index (κ2) is 6.89. The third-order valence-corrected chi connectivity index (χ3v) is 2.74. The maximum atomic E-state index is 11.6. The van der Waals surface area contributed by atoms with Gasteiger partial charge in [-0.1, -0.05) is 0 Å². The first-order chi connectivity index (χ1) is 8.93. The smallest absolute Gasteiger partial charge is 0.330 e. The molecule has 1 aliphatic rings. The van der Waals surface area contributed by atoms with Gasteiger partial charge in [0.25, 0.3) is 0 Å². The molecule has 0 saturated heterocycles. The lowest BCUT2D eigenvalue weighted by Crippen LogP contribution is -2.31. The van der Waals surface area contributed by atoms with Gasteiger partial charge in [-0.25, -0.2) is 4.79 Å². The van der Waals surface area contributed by atoms with Crippen LogP contribution in [0.25, 0.3) is 0 Å². The van der Waals surface area contributed by atoms with E-state index in [1.807, 2.05) is 0 Å². The predicted octanol–water partition coefficient (Wildman–Crippen LogP) is -0.125. The lowest BCUT2D eigenvalue weighted by molar-refractivity contribution is -0.159. The number of carboxylic acid groups (broad SMARTS) is 1. The summed E-state index contributed by atoms with van der Waals surface area (Å²) in [5.41, 5.74) is 0.554. The van der Waals surface area contributed by atoms with Crippen LogP contribution in [0.5, 0.6) is 0 Å². The van der Waals surface area contributed by atoms with Crippen LogP contribution in [0.4, 0.5) is 0 Å². The molecule has 0 aliphatic carbocycles. The molecule has 7 nitrogen and oxygen atoms in total. The number of ether oxygens (including phenoxy) is 2. The molecule has 0 fully saturated rings. The quantitative estimate of drug-likeness (QED) is 0.648. The highest BCUT2D eigenvalue weighted by atomic mass is 16.6. The van der Waals surface area contributed by atoms with E-state index in [0.29, 0.717) is 5.57 Å². The van der Waals surface area contributed by atoms with Gasteiger partial charge in [-0.15, -0.1) is 0 Å². The Kier molecular flexibility index (Phi) is 5.50. The van der Waals surface area contributed by atoms with Crippen LogP contribution in [0.2, 0.25) is 0 Å². The number of hydrogen-bond donors (Lipinski definition) is 2. The van der Waals surface area contributed by atoms with E-state index in [4.69, 9.17) is 19.7 Å². The Morgan fingerprint density at radius 1 is 1.58 bits per heavy atom. The second-order valence-electron chi connectivity index (χ2n) is 4.25. The number of carbonyl (C=O) groups excluding carboxylic acids is 2. The summed E-state index contributed by atoms with van der Waals surface area (Å²) in [6, 6.07) is 0. The Balaban J connectivity index is 2.53. The molecule has 0 aromatic heterocycles. The minimum atomic E-state index is -1.16. The third kappa shape index (κ3) is 4.70. The van der Waals surface area contributed by atoms with Gasteiger partial charge in [-0.3, -0.25) is 9.59 Å². The number of rotatable bonds is 6. The number of carbonyl (C=O) groups is 3. The maximum absolute atomic E-state index is 11.6. The first-order valence-corrected chi connectivity index (χ1v) is 5.82. The van der Waals surface area contributed by atoms with Gasteiger partial charge in [0.05, 0.1) is 12.3 Å². The fourth-order valence-electron chi connectivity index (χ4n) is 1.61. The van der Waals surface area contributed by atoms with Gasteiger partial charge >= 0.3 is 17.9 Å². The van der Waals surface area contributed by atoms with E-state index in [1.54, 1.807) is 6.92 Å². The number of esters is 2. The van der Waals surface area contributed by atoms with Gasteiger partial charge < -0.3 is 19.7 Å². The van der Waals surface area contributed by atoms with Crippen LogP contribution in [-0.2, 0) is 23.9 Å². The number of aliphatic carboxylic acids is 1. The van der Waals surface area contributed by atoms with Gasteiger partial charge in [0.2, 0.25) is 0 Å². The SMILES string of the molecule is CC1=CC(=O)OC[C@H]1OC(=O)CC(CCO)C(=O)O. The van der Waals surface area contributed by atoms with Crippen molar-refractivity contribution in [1.82, 2.24) is 0 Å². The molecule has 2 N–H and O–H groups in total. The summed E-state index contributed by atoms with van der Waals surface area (Å²) in [7, 11) is 0. The van der Waals surface area contributed by atoms with Crippen LogP contribution >= 0.6 is 0 Å². The summed E-state index contributed by atoms with van der Waals surface area (Å²) in [5.74, 6) is -3.33. The standard InChI is InChI=1S/C12H16O7/c1-7-4-10(14)18-6-9(7)19-11(15)5-8(2-3-13)12(16)17/h4,8-9,13H,2-3,5-6H2,1H3,(H,16,17)/t8?,9-/m1/s1. The molecule has 19 heavy (non-hydrogen) atoms. The Morgan fingerprint density at radius 3 is 2.79 bits per heavy atom. The molecule has 0 aromatic rings. The largest absolute Gasteiger partial charge is 0.481 e. The van der Waals surface area contributed by atoms with E-state index in [9.17, 15) is 14.4 Å². The van der Waals surface area contributed by atoms with E-state index < -0.39 is 29.9 Å². The Morgan fingerprint density at radius 2 is 2.26 bits per heavy atom. The van der Waals surface area contributed by atoms with Crippen LogP contribution in [0.3, 0.4) is 0 Å². The van der Waals surface area contributed by atoms with Crippen LogP contribution in [0, 0.1) is 5.92 Å². The van der Waals surface area contributed by atoms with E-state index >= 15 is 0 Å². The molecule has 2 atom stereocenters. The van der Waals surface area contributed by atoms with Crippen LogP contribution in [-0.4, -0.2) is 47.4 Å². The second-order valence-corrected chi connectivity index (χ2v) is 4.25. The zero-order valence-electron chi connectivity index (χ0n) is 10.5. The highest BCUT2D eigenvalue weighted by Gasteiger charge is 2.26. The Bertz CT molecular complexity index is 399. The molecule has 0 saturated carbocycles. The molecular weight excluding hydrogens is 256 g/mol. The molecule has 7 heteroatoms. The number of carboxylic acids is 1. The fraction of sp³-hybridized carbons (Fsp3) is 0.583. The van der Waals surface area contributed by atoms with E-state index in [1.165, 1.54) is 6.08 Å². The van der Waals surface area contributed by atoms with Crippen LogP contribution in [0.1, 0.15) is 19.8 Å². The van der Waals surface area contributed by atoms with Crippen molar-refractivity contribution in [2.24, 2.45) is 5.92 Å². The first kappa shape index (κ1) is 15.2. The van der Waals surface area contributed by atoms with Crippen LogP contribution < -0.4 is 0 Å². The average molecular weight is 272 g/mol. The van der Waals surface area contributed by atoms with Crippen molar-refractivity contribution in [3.8, 4) is 0 Å².